The number of benzene rings is 1. The number of carbonyl (C=O) groups excluding carboxylic acids is 1. The molecule has 0 spiro atoms. The van der Waals surface area contributed by atoms with Crippen LogP contribution in [-0.2, 0) is 13.0 Å². The summed E-state index contributed by atoms with van der Waals surface area (Å²) in [7, 11) is 0. The number of nitrogens with one attached hydrogen (secondary N) is 2. The number of amides is 2. The minimum atomic E-state index is -0.224. The molecule has 0 aliphatic carbocycles. The van der Waals surface area contributed by atoms with E-state index >= 15 is 0 Å². The minimum absolute atomic E-state index is 0.0326. The van der Waals surface area contributed by atoms with Crippen LogP contribution in [0.15, 0.2) is 55.0 Å². The standard InChI is InChI=1S/C20H26N6O/c1-3-18-21-13-15-25(18)14-7-11-22-20(27)24-19-10-12-23-26(19)16(2)17-8-5-4-6-9-17/h4-6,8-10,12-13,15-16H,3,7,11,14H2,1-2H3,(H2,22,24,27)/t16-/m0/s1. The van der Waals surface area contributed by atoms with E-state index < -0.39 is 0 Å². The Morgan fingerprint density at radius 3 is 2.78 bits per heavy atom. The van der Waals surface area contributed by atoms with Crippen LogP contribution in [0.2, 0.25) is 0 Å². The molecule has 1 atom stereocenters. The van der Waals surface area contributed by atoms with Gasteiger partial charge in [0.15, 0.2) is 0 Å². The third-order valence-electron chi connectivity index (χ3n) is 4.54. The van der Waals surface area contributed by atoms with Gasteiger partial charge in [0, 0.05) is 38.0 Å². The van der Waals surface area contributed by atoms with Gasteiger partial charge < -0.3 is 9.88 Å². The predicted molar refractivity (Wildman–Crippen MR) is 106 cm³/mol. The summed E-state index contributed by atoms with van der Waals surface area (Å²) in [5.41, 5.74) is 1.14. The molecule has 1 aromatic carbocycles. The topological polar surface area (TPSA) is 76.8 Å². The maximum atomic E-state index is 12.2. The molecule has 0 fully saturated rings. The van der Waals surface area contributed by atoms with E-state index in [1.165, 1.54) is 0 Å². The minimum Gasteiger partial charge on any atom is -0.338 e. The molecule has 0 bridgehead atoms. The smallest absolute Gasteiger partial charge is 0.320 e. The van der Waals surface area contributed by atoms with Gasteiger partial charge in [-0.15, -0.1) is 0 Å². The molecule has 27 heavy (non-hydrogen) atoms. The lowest BCUT2D eigenvalue weighted by atomic mass is 10.1. The van der Waals surface area contributed by atoms with Crippen LogP contribution in [0, 0.1) is 0 Å². The zero-order valence-corrected chi connectivity index (χ0v) is 15.8. The van der Waals surface area contributed by atoms with E-state index in [0.717, 1.165) is 30.8 Å². The highest BCUT2D eigenvalue weighted by atomic mass is 16.2. The molecular weight excluding hydrogens is 340 g/mol. The second kappa shape index (κ2) is 9.02. The number of anilines is 1. The highest BCUT2D eigenvalue weighted by molar-refractivity contribution is 5.88. The quantitative estimate of drug-likeness (QED) is 0.599. The molecule has 0 aliphatic rings. The molecule has 0 unspecified atom stereocenters. The highest BCUT2D eigenvalue weighted by Gasteiger charge is 2.13. The summed E-state index contributed by atoms with van der Waals surface area (Å²) in [6.45, 7) is 5.58. The van der Waals surface area contributed by atoms with Gasteiger partial charge >= 0.3 is 6.03 Å². The molecule has 142 valence electrons. The Morgan fingerprint density at radius 2 is 2.00 bits per heavy atom. The van der Waals surface area contributed by atoms with Gasteiger partial charge in [-0.3, -0.25) is 5.32 Å². The number of nitrogens with zero attached hydrogens (tertiary/aromatic N) is 4. The number of rotatable bonds is 8. The summed E-state index contributed by atoms with van der Waals surface area (Å²) in [4.78, 5) is 16.5. The third-order valence-corrected chi connectivity index (χ3v) is 4.54. The van der Waals surface area contributed by atoms with Gasteiger partial charge in [0.25, 0.3) is 0 Å². The predicted octanol–water partition coefficient (Wildman–Crippen LogP) is 3.46. The van der Waals surface area contributed by atoms with Crippen molar-refractivity contribution >= 4 is 11.8 Å². The Kier molecular flexibility index (Phi) is 6.25. The van der Waals surface area contributed by atoms with Crippen LogP contribution in [0.25, 0.3) is 0 Å². The first kappa shape index (κ1) is 18.7. The molecule has 2 N–H and O–H groups in total. The van der Waals surface area contributed by atoms with Crippen molar-refractivity contribution < 1.29 is 4.79 Å². The van der Waals surface area contributed by atoms with Crippen molar-refractivity contribution in [2.24, 2.45) is 0 Å². The maximum Gasteiger partial charge on any atom is 0.320 e. The van der Waals surface area contributed by atoms with Crippen molar-refractivity contribution in [3.05, 3.63) is 66.4 Å². The van der Waals surface area contributed by atoms with E-state index in [-0.39, 0.29) is 12.1 Å². The van der Waals surface area contributed by atoms with Crippen molar-refractivity contribution in [2.45, 2.75) is 39.3 Å². The van der Waals surface area contributed by atoms with Crippen molar-refractivity contribution in [2.75, 3.05) is 11.9 Å². The van der Waals surface area contributed by atoms with Crippen LogP contribution in [0.3, 0.4) is 0 Å². The molecule has 2 aromatic heterocycles. The van der Waals surface area contributed by atoms with Crippen LogP contribution in [0.4, 0.5) is 10.6 Å². The molecule has 7 heteroatoms. The van der Waals surface area contributed by atoms with Gasteiger partial charge in [0.2, 0.25) is 0 Å². The van der Waals surface area contributed by atoms with Crippen LogP contribution in [0.5, 0.6) is 0 Å². The summed E-state index contributed by atoms with van der Waals surface area (Å²) in [6, 6.07) is 11.7. The number of aromatic nitrogens is 4. The SMILES string of the molecule is CCc1nccn1CCCNC(=O)Nc1ccnn1[C@@H](C)c1ccccc1. The molecule has 2 heterocycles. The number of imidazole rings is 1. The van der Waals surface area contributed by atoms with Gasteiger partial charge in [0.1, 0.15) is 11.6 Å². The number of hydrogen-bond donors (Lipinski definition) is 2. The van der Waals surface area contributed by atoms with Gasteiger partial charge in [-0.2, -0.15) is 5.10 Å². The van der Waals surface area contributed by atoms with E-state index in [9.17, 15) is 4.79 Å². The lowest BCUT2D eigenvalue weighted by Gasteiger charge is -2.16. The molecule has 0 radical (unpaired) electrons. The van der Waals surface area contributed by atoms with Crippen molar-refractivity contribution in [1.82, 2.24) is 24.6 Å². The van der Waals surface area contributed by atoms with Crippen LogP contribution >= 0.6 is 0 Å². The Balaban J connectivity index is 1.49. The van der Waals surface area contributed by atoms with Crippen LogP contribution in [-0.4, -0.2) is 31.9 Å². The van der Waals surface area contributed by atoms with Crippen LogP contribution in [0.1, 0.15) is 37.7 Å². The lowest BCUT2D eigenvalue weighted by molar-refractivity contribution is 0.251. The van der Waals surface area contributed by atoms with Gasteiger partial charge in [-0.05, 0) is 18.9 Å². The molecule has 7 nitrogen and oxygen atoms in total. The average Bonchev–Trinajstić information content (AvgIpc) is 3.34. The first-order valence-corrected chi connectivity index (χ1v) is 9.32. The highest BCUT2D eigenvalue weighted by Crippen LogP contribution is 2.21. The maximum absolute atomic E-state index is 12.2. The van der Waals surface area contributed by atoms with Gasteiger partial charge in [0.05, 0.1) is 12.2 Å². The molecule has 0 aliphatic heterocycles. The van der Waals surface area contributed by atoms with E-state index in [1.807, 2.05) is 35.3 Å². The zero-order valence-electron chi connectivity index (χ0n) is 15.8. The Hall–Kier alpha value is -3.09. The summed E-state index contributed by atoms with van der Waals surface area (Å²) >= 11 is 0. The number of carbonyl (C=O) groups is 1. The summed E-state index contributed by atoms with van der Waals surface area (Å²) in [6.07, 6.45) is 7.23. The van der Waals surface area contributed by atoms with Crippen molar-refractivity contribution in [1.29, 1.82) is 0 Å². The Labute approximate surface area is 159 Å². The molecular formula is C20H26N6O. The van der Waals surface area contributed by atoms with E-state index in [2.05, 4.69) is 51.3 Å². The molecule has 0 saturated heterocycles. The number of aryl methyl sites for hydroxylation is 2. The van der Waals surface area contributed by atoms with E-state index in [1.54, 1.807) is 12.3 Å². The molecule has 0 saturated carbocycles. The lowest BCUT2D eigenvalue weighted by Crippen LogP contribution is -2.31. The first-order chi connectivity index (χ1) is 13.2. The van der Waals surface area contributed by atoms with Gasteiger partial charge in [-0.25, -0.2) is 14.5 Å². The summed E-state index contributed by atoms with van der Waals surface area (Å²) in [5.74, 6) is 1.74. The van der Waals surface area contributed by atoms with Gasteiger partial charge in [-0.1, -0.05) is 37.3 Å². The zero-order chi connectivity index (χ0) is 19.1. The fourth-order valence-electron chi connectivity index (χ4n) is 3.06. The van der Waals surface area contributed by atoms with Crippen LogP contribution < -0.4 is 10.6 Å². The normalized spacial score (nSPS) is 11.9. The Morgan fingerprint density at radius 1 is 1.19 bits per heavy atom. The van der Waals surface area contributed by atoms with Crippen molar-refractivity contribution in [3.63, 3.8) is 0 Å². The monoisotopic (exact) mass is 366 g/mol. The second-order valence-corrected chi connectivity index (χ2v) is 6.37. The molecule has 3 aromatic rings. The Bertz CT molecular complexity index is 854. The summed E-state index contributed by atoms with van der Waals surface area (Å²) in [5, 5.41) is 10.1. The number of hydrogen-bond acceptors (Lipinski definition) is 3. The van der Waals surface area contributed by atoms with Crippen molar-refractivity contribution in [3.8, 4) is 0 Å². The first-order valence-electron chi connectivity index (χ1n) is 9.32. The third kappa shape index (κ3) is 4.75. The van der Waals surface area contributed by atoms with E-state index in [4.69, 9.17) is 0 Å². The molecule has 3 rings (SSSR count). The average molecular weight is 366 g/mol. The van der Waals surface area contributed by atoms with E-state index in [0.29, 0.717) is 12.4 Å². The largest absolute Gasteiger partial charge is 0.338 e. The number of urea groups is 1. The fraction of sp³-hybridized carbons (Fsp3) is 0.350. The fourth-order valence-corrected chi connectivity index (χ4v) is 3.06. The molecule has 2 amide bonds. The second-order valence-electron chi connectivity index (χ2n) is 6.37. The summed E-state index contributed by atoms with van der Waals surface area (Å²) < 4.78 is 3.93.